The molecule has 2 aromatic carbocycles. The number of hydrogen-bond donors (Lipinski definition) is 2. The van der Waals surface area contributed by atoms with Gasteiger partial charge >= 0.3 is 6.03 Å². The third-order valence-electron chi connectivity index (χ3n) is 4.52. The van der Waals surface area contributed by atoms with Crippen LogP contribution in [0.5, 0.6) is 5.75 Å². The summed E-state index contributed by atoms with van der Waals surface area (Å²) in [6.45, 7) is 1.12. The first kappa shape index (κ1) is 17.8. The monoisotopic (exact) mass is 353 g/mol. The van der Waals surface area contributed by atoms with Crippen LogP contribution < -0.4 is 15.4 Å². The number of urea groups is 1. The lowest BCUT2D eigenvalue weighted by Gasteiger charge is -2.31. The summed E-state index contributed by atoms with van der Waals surface area (Å²) in [7, 11) is 1.59. The highest BCUT2D eigenvalue weighted by atomic mass is 16.5. The normalized spacial score (nSPS) is 14.6. The highest BCUT2D eigenvalue weighted by Gasteiger charge is 2.27. The number of amides is 3. The molecule has 3 amide bonds. The van der Waals surface area contributed by atoms with E-state index in [1.54, 1.807) is 18.1 Å². The van der Waals surface area contributed by atoms with Gasteiger partial charge in [0.15, 0.2) is 0 Å². The van der Waals surface area contributed by atoms with E-state index in [-0.39, 0.29) is 17.9 Å². The van der Waals surface area contributed by atoms with Gasteiger partial charge in [-0.15, -0.1) is 0 Å². The number of likely N-dealkylation sites (tertiary alicyclic amines) is 1. The summed E-state index contributed by atoms with van der Waals surface area (Å²) in [5.74, 6) is 0.638. The molecule has 2 N–H and O–H groups in total. The van der Waals surface area contributed by atoms with Crippen LogP contribution in [0, 0.1) is 5.92 Å². The van der Waals surface area contributed by atoms with Crippen LogP contribution in [0.3, 0.4) is 0 Å². The largest absolute Gasteiger partial charge is 0.497 e. The van der Waals surface area contributed by atoms with Crippen molar-refractivity contribution in [3.8, 4) is 5.75 Å². The van der Waals surface area contributed by atoms with Gasteiger partial charge < -0.3 is 20.3 Å². The molecule has 0 atom stereocenters. The van der Waals surface area contributed by atoms with Gasteiger partial charge in [0.2, 0.25) is 5.91 Å². The minimum Gasteiger partial charge on any atom is -0.497 e. The lowest BCUT2D eigenvalue weighted by atomic mass is 9.96. The third kappa shape index (κ3) is 4.53. The van der Waals surface area contributed by atoms with E-state index in [1.807, 2.05) is 48.5 Å². The molecular weight excluding hydrogens is 330 g/mol. The van der Waals surface area contributed by atoms with Crippen molar-refractivity contribution >= 4 is 23.3 Å². The summed E-state index contributed by atoms with van der Waals surface area (Å²) in [5, 5.41) is 5.81. The number of nitrogens with one attached hydrogen (secondary N) is 2. The van der Waals surface area contributed by atoms with Gasteiger partial charge in [-0.3, -0.25) is 4.79 Å². The van der Waals surface area contributed by atoms with E-state index in [0.29, 0.717) is 37.4 Å². The van der Waals surface area contributed by atoms with E-state index in [1.165, 1.54) is 0 Å². The molecule has 1 aliphatic rings. The highest BCUT2D eigenvalue weighted by Crippen LogP contribution is 2.21. The Hall–Kier alpha value is -3.02. The first-order chi connectivity index (χ1) is 12.7. The Morgan fingerprint density at radius 2 is 1.65 bits per heavy atom. The van der Waals surface area contributed by atoms with Gasteiger partial charge in [0.25, 0.3) is 0 Å². The molecule has 2 aromatic rings. The zero-order valence-corrected chi connectivity index (χ0v) is 14.8. The van der Waals surface area contributed by atoms with Crippen LogP contribution in [0.15, 0.2) is 54.6 Å². The van der Waals surface area contributed by atoms with Crippen molar-refractivity contribution < 1.29 is 14.3 Å². The SMILES string of the molecule is COc1cccc(NC(=O)N2CCC(C(=O)Nc3ccccc3)CC2)c1. The Morgan fingerprint density at radius 1 is 0.962 bits per heavy atom. The van der Waals surface area contributed by atoms with Crippen LogP contribution in [0.1, 0.15) is 12.8 Å². The van der Waals surface area contributed by atoms with Crippen molar-refractivity contribution in [3.63, 3.8) is 0 Å². The number of methoxy groups -OCH3 is 1. The molecule has 0 unspecified atom stereocenters. The van der Waals surface area contributed by atoms with Crippen LogP contribution >= 0.6 is 0 Å². The van der Waals surface area contributed by atoms with Crippen LogP contribution in [0.2, 0.25) is 0 Å². The summed E-state index contributed by atoms with van der Waals surface area (Å²) >= 11 is 0. The number of anilines is 2. The average Bonchev–Trinajstić information content (AvgIpc) is 2.69. The predicted octanol–water partition coefficient (Wildman–Crippen LogP) is 3.58. The Kier molecular flexibility index (Phi) is 5.73. The molecule has 1 saturated heterocycles. The topological polar surface area (TPSA) is 70.7 Å². The molecule has 0 aliphatic carbocycles. The quantitative estimate of drug-likeness (QED) is 0.883. The van der Waals surface area contributed by atoms with E-state index in [9.17, 15) is 9.59 Å². The van der Waals surface area contributed by atoms with Crippen molar-refractivity contribution in [2.75, 3.05) is 30.8 Å². The number of rotatable bonds is 4. The Morgan fingerprint density at radius 3 is 2.35 bits per heavy atom. The molecular formula is C20H23N3O3. The molecule has 0 aromatic heterocycles. The molecule has 3 rings (SSSR count). The van der Waals surface area contributed by atoms with Crippen LogP contribution in [-0.4, -0.2) is 37.0 Å². The fourth-order valence-electron chi connectivity index (χ4n) is 3.01. The second-order valence-corrected chi connectivity index (χ2v) is 6.28. The van der Waals surface area contributed by atoms with Crippen LogP contribution in [0.25, 0.3) is 0 Å². The first-order valence-electron chi connectivity index (χ1n) is 8.71. The van der Waals surface area contributed by atoms with Gasteiger partial charge in [-0.25, -0.2) is 4.79 Å². The molecule has 0 radical (unpaired) electrons. The minimum atomic E-state index is -0.153. The highest BCUT2D eigenvalue weighted by molar-refractivity contribution is 5.93. The predicted molar refractivity (Wildman–Crippen MR) is 101 cm³/mol. The lowest BCUT2D eigenvalue weighted by Crippen LogP contribution is -2.43. The molecule has 1 heterocycles. The smallest absolute Gasteiger partial charge is 0.321 e. The number of ether oxygens (including phenoxy) is 1. The molecule has 1 fully saturated rings. The maximum absolute atomic E-state index is 12.4. The van der Waals surface area contributed by atoms with Crippen molar-refractivity contribution in [1.82, 2.24) is 4.90 Å². The van der Waals surface area contributed by atoms with Gasteiger partial charge in [-0.05, 0) is 37.1 Å². The van der Waals surface area contributed by atoms with E-state index in [2.05, 4.69) is 10.6 Å². The average molecular weight is 353 g/mol. The maximum Gasteiger partial charge on any atom is 0.321 e. The first-order valence-corrected chi connectivity index (χ1v) is 8.71. The van der Waals surface area contributed by atoms with Gasteiger partial charge in [-0.2, -0.15) is 0 Å². The fourth-order valence-corrected chi connectivity index (χ4v) is 3.01. The lowest BCUT2D eigenvalue weighted by molar-refractivity contribution is -0.121. The van der Waals surface area contributed by atoms with E-state index < -0.39 is 0 Å². The Labute approximate surface area is 153 Å². The van der Waals surface area contributed by atoms with Crippen molar-refractivity contribution in [3.05, 3.63) is 54.6 Å². The Balaban J connectivity index is 1.49. The minimum absolute atomic E-state index is 0.0176. The summed E-state index contributed by atoms with van der Waals surface area (Å²) in [6, 6.07) is 16.5. The summed E-state index contributed by atoms with van der Waals surface area (Å²) in [5.41, 5.74) is 1.49. The zero-order valence-electron chi connectivity index (χ0n) is 14.8. The van der Waals surface area contributed by atoms with Crippen molar-refractivity contribution in [2.24, 2.45) is 5.92 Å². The molecule has 0 spiro atoms. The maximum atomic E-state index is 12.4. The van der Waals surface area contributed by atoms with Crippen molar-refractivity contribution in [2.45, 2.75) is 12.8 Å². The van der Waals surface area contributed by atoms with E-state index in [4.69, 9.17) is 4.74 Å². The van der Waals surface area contributed by atoms with Gasteiger partial charge in [0, 0.05) is 36.4 Å². The number of benzene rings is 2. The van der Waals surface area contributed by atoms with Crippen molar-refractivity contribution in [1.29, 1.82) is 0 Å². The molecule has 0 bridgehead atoms. The van der Waals surface area contributed by atoms with E-state index in [0.717, 1.165) is 5.69 Å². The number of carbonyl (C=O) groups excluding carboxylic acids is 2. The third-order valence-corrected chi connectivity index (χ3v) is 4.52. The Bertz CT molecular complexity index is 756. The second kappa shape index (κ2) is 8.38. The molecule has 6 heteroatoms. The number of piperidine rings is 1. The van der Waals surface area contributed by atoms with Crippen LogP contribution in [0.4, 0.5) is 16.2 Å². The standard InChI is InChI=1S/C20H23N3O3/c1-26-18-9-5-8-17(14-18)22-20(25)23-12-10-15(11-13-23)19(24)21-16-6-3-2-4-7-16/h2-9,14-15H,10-13H2,1H3,(H,21,24)(H,22,25). The summed E-state index contributed by atoms with van der Waals surface area (Å²) < 4.78 is 5.16. The number of carbonyl (C=O) groups is 2. The molecule has 6 nitrogen and oxygen atoms in total. The number of nitrogens with zero attached hydrogens (tertiary/aromatic N) is 1. The molecule has 0 saturated carbocycles. The molecule has 26 heavy (non-hydrogen) atoms. The zero-order chi connectivity index (χ0) is 18.4. The van der Waals surface area contributed by atoms with Gasteiger partial charge in [0.1, 0.15) is 5.75 Å². The number of para-hydroxylation sites is 1. The van der Waals surface area contributed by atoms with Gasteiger partial charge in [0.05, 0.1) is 7.11 Å². The van der Waals surface area contributed by atoms with E-state index >= 15 is 0 Å². The van der Waals surface area contributed by atoms with Gasteiger partial charge in [-0.1, -0.05) is 24.3 Å². The summed E-state index contributed by atoms with van der Waals surface area (Å²) in [4.78, 5) is 26.5. The molecule has 1 aliphatic heterocycles. The fraction of sp³-hybridized carbons (Fsp3) is 0.300. The number of hydrogen-bond acceptors (Lipinski definition) is 3. The summed E-state index contributed by atoms with van der Waals surface area (Å²) in [6.07, 6.45) is 1.31. The van der Waals surface area contributed by atoms with Crippen LogP contribution in [-0.2, 0) is 4.79 Å². The molecule has 136 valence electrons. The second-order valence-electron chi connectivity index (χ2n) is 6.28.